The van der Waals surface area contributed by atoms with Gasteiger partial charge in [-0.25, -0.2) is 0 Å². The summed E-state index contributed by atoms with van der Waals surface area (Å²) in [5, 5.41) is 3.37. The fraction of sp³-hybridized carbons (Fsp3) is 1.00. The molecule has 0 aliphatic carbocycles. The third-order valence-electron chi connectivity index (χ3n) is 3.92. The van der Waals surface area contributed by atoms with E-state index in [1.54, 1.807) is 0 Å². The van der Waals surface area contributed by atoms with E-state index in [2.05, 4.69) is 19.3 Å². The fourth-order valence-electron chi connectivity index (χ4n) is 2.80. The molecule has 1 N–H and O–H groups in total. The van der Waals surface area contributed by atoms with E-state index in [-0.39, 0.29) is 0 Å². The monoisotopic (exact) mass is 227 g/mol. The molecule has 0 spiro atoms. The maximum atomic E-state index is 5.49. The second-order valence-electron chi connectivity index (χ2n) is 5.31. The van der Waals surface area contributed by atoms with Crippen molar-refractivity contribution in [1.29, 1.82) is 0 Å². The van der Waals surface area contributed by atoms with Gasteiger partial charge in [0, 0.05) is 19.8 Å². The summed E-state index contributed by atoms with van der Waals surface area (Å²) in [4.78, 5) is 0. The highest BCUT2D eigenvalue weighted by Gasteiger charge is 2.30. The number of hydrogen-bond acceptors (Lipinski definition) is 2. The van der Waals surface area contributed by atoms with E-state index in [1.165, 1.54) is 57.9 Å². The minimum Gasteiger partial charge on any atom is -0.381 e. The molecule has 0 saturated carbocycles. The average molecular weight is 227 g/mol. The SMILES string of the molecule is CCCCCCCC1(CNC)CCOCC1. The van der Waals surface area contributed by atoms with Gasteiger partial charge in [0.15, 0.2) is 0 Å². The average Bonchev–Trinajstić information content (AvgIpc) is 2.30. The third-order valence-corrected chi connectivity index (χ3v) is 3.92. The maximum Gasteiger partial charge on any atom is 0.0471 e. The van der Waals surface area contributed by atoms with Gasteiger partial charge in [0.05, 0.1) is 0 Å². The smallest absolute Gasteiger partial charge is 0.0471 e. The quantitative estimate of drug-likeness (QED) is 0.642. The Bertz CT molecular complexity index is 159. The summed E-state index contributed by atoms with van der Waals surface area (Å²) in [6, 6.07) is 0. The van der Waals surface area contributed by atoms with Crippen molar-refractivity contribution in [1.82, 2.24) is 5.32 Å². The van der Waals surface area contributed by atoms with E-state index >= 15 is 0 Å². The molecule has 1 aliphatic rings. The Morgan fingerprint density at radius 3 is 2.38 bits per heavy atom. The van der Waals surface area contributed by atoms with E-state index in [0.29, 0.717) is 5.41 Å². The van der Waals surface area contributed by atoms with Crippen LogP contribution < -0.4 is 5.32 Å². The molecule has 0 atom stereocenters. The van der Waals surface area contributed by atoms with Crippen molar-refractivity contribution in [2.75, 3.05) is 26.8 Å². The van der Waals surface area contributed by atoms with Crippen molar-refractivity contribution in [2.45, 2.75) is 58.3 Å². The lowest BCUT2D eigenvalue weighted by atomic mass is 9.76. The minimum atomic E-state index is 0.541. The molecule has 16 heavy (non-hydrogen) atoms. The van der Waals surface area contributed by atoms with Gasteiger partial charge in [0.25, 0.3) is 0 Å². The van der Waals surface area contributed by atoms with Crippen molar-refractivity contribution >= 4 is 0 Å². The number of ether oxygens (including phenoxy) is 1. The van der Waals surface area contributed by atoms with E-state index < -0.39 is 0 Å². The largest absolute Gasteiger partial charge is 0.381 e. The van der Waals surface area contributed by atoms with E-state index in [4.69, 9.17) is 4.74 Å². The Morgan fingerprint density at radius 2 is 1.75 bits per heavy atom. The van der Waals surface area contributed by atoms with Gasteiger partial charge in [-0.15, -0.1) is 0 Å². The Balaban J connectivity index is 2.21. The summed E-state index contributed by atoms with van der Waals surface area (Å²) < 4.78 is 5.49. The van der Waals surface area contributed by atoms with Gasteiger partial charge < -0.3 is 10.1 Å². The number of rotatable bonds is 8. The predicted molar refractivity (Wildman–Crippen MR) is 69.8 cm³/mol. The van der Waals surface area contributed by atoms with Crippen LogP contribution in [0.5, 0.6) is 0 Å². The minimum absolute atomic E-state index is 0.541. The zero-order valence-electron chi connectivity index (χ0n) is 11.2. The Kier molecular flexibility index (Phi) is 7.06. The number of nitrogens with one attached hydrogen (secondary N) is 1. The van der Waals surface area contributed by atoms with Crippen molar-refractivity contribution in [3.05, 3.63) is 0 Å². The van der Waals surface area contributed by atoms with Crippen molar-refractivity contribution < 1.29 is 4.74 Å². The Hall–Kier alpha value is -0.0800. The molecular formula is C14H29NO. The van der Waals surface area contributed by atoms with Crippen LogP contribution >= 0.6 is 0 Å². The molecule has 96 valence electrons. The van der Waals surface area contributed by atoms with Gasteiger partial charge in [-0.3, -0.25) is 0 Å². The zero-order valence-corrected chi connectivity index (χ0v) is 11.2. The normalized spacial score (nSPS) is 19.9. The van der Waals surface area contributed by atoms with Gasteiger partial charge in [-0.05, 0) is 31.7 Å². The number of hydrogen-bond donors (Lipinski definition) is 1. The molecular weight excluding hydrogens is 198 g/mol. The summed E-state index contributed by atoms with van der Waals surface area (Å²) in [6.45, 7) is 5.39. The van der Waals surface area contributed by atoms with E-state index in [1.807, 2.05) is 0 Å². The molecule has 1 rings (SSSR count). The summed E-state index contributed by atoms with van der Waals surface area (Å²) in [5.74, 6) is 0. The third kappa shape index (κ3) is 4.84. The summed E-state index contributed by atoms with van der Waals surface area (Å²) in [7, 11) is 2.08. The van der Waals surface area contributed by atoms with E-state index in [0.717, 1.165) is 13.2 Å². The Morgan fingerprint density at radius 1 is 1.06 bits per heavy atom. The molecule has 2 heteroatoms. The highest BCUT2D eigenvalue weighted by molar-refractivity contribution is 4.83. The predicted octanol–water partition coefficient (Wildman–Crippen LogP) is 3.36. The molecule has 2 nitrogen and oxygen atoms in total. The fourth-order valence-corrected chi connectivity index (χ4v) is 2.80. The van der Waals surface area contributed by atoms with Crippen LogP contribution in [0.25, 0.3) is 0 Å². The van der Waals surface area contributed by atoms with Crippen LogP contribution in [0.3, 0.4) is 0 Å². The molecule has 1 aliphatic heterocycles. The van der Waals surface area contributed by atoms with Crippen LogP contribution in [-0.2, 0) is 4.74 Å². The topological polar surface area (TPSA) is 21.3 Å². The van der Waals surface area contributed by atoms with Gasteiger partial charge in [-0.2, -0.15) is 0 Å². The summed E-state index contributed by atoms with van der Waals surface area (Å²) >= 11 is 0. The van der Waals surface area contributed by atoms with Crippen LogP contribution in [0.4, 0.5) is 0 Å². The second-order valence-corrected chi connectivity index (χ2v) is 5.31. The van der Waals surface area contributed by atoms with Crippen LogP contribution in [0, 0.1) is 5.41 Å². The first-order valence-electron chi connectivity index (χ1n) is 7.05. The Labute approximate surface area is 101 Å². The van der Waals surface area contributed by atoms with Gasteiger partial charge in [0.2, 0.25) is 0 Å². The van der Waals surface area contributed by atoms with Crippen LogP contribution in [0.1, 0.15) is 58.3 Å². The number of unbranched alkanes of at least 4 members (excludes halogenated alkanes) is 4. The molecule has 0 amide bonds. The highest BCUT2D eigenvalue weighted by Crippen LogP contribution is 2.35. The maximum absolute atomic E-state index is 5.49. The molecule has 1 fully saturated rings. The van der Waals surface area contributed by atoms with Crippen molar-refractivity contribution in [3.8, 4) is 0 Å². The zero-order chi connectivity index (χ0) is 11.7. The first-order chi connectivity index (χ1) is 7.83. The summed E-state index contributed by atoms with van der Waals surface area (Å²) in [6.07, 6.45) is 10.9. The second kappa shape index (κ2) is 8.08. The first-order valence-corrected chi connectivity index (χ1v) is 7.05. The molecule has 0 aromatic carbocycles. The molecule has 0 radical (unpaired) electrons. The molecule has 1 heterocycles. The van der Waals surface area contributed by atoms with Crippen LogP contribution in [0.15, 0.2) is 0 Å². The lowest BCUT2D eigenvalue weighted by Gasteiger charge is -2.37. The van der Waals surface area contributed by atoms with Crippen LogP contribution in [-0.4, -0.2) is 26.8 Å². The van der Waals surface area contributed by atoms with Crippen LogP contribution in [0.2, 0.25) is 0 Å². The molecule has 1 saturated heterocycles. The van der Waals surface area contributed by atoms with Gasteiger partial charge >= 0.3 is 0 Å². The molecule has 0 unspecified atom stereocenters. The van der Waals surface area contributed by atoms with Crippen molar-refractivity contribution in [3.63, 3.8) is 0 Å². The highest BCUT2D eigenvalue weighted by atomic mass is 16.5. The van der Waals surface area contributed by atoms with Crippen molar-refractivity contribution in [2.24, 2.45) is 5.41 Å². The van der Waals surface area contributed by atoms with E-state index in [9.17, 15) is 0 Å². The standard InChI is InChI=1S/C14H29NO/c1-3-4-5-6-7-8-14(13-15-2)9-11-16-12-10-14/h15H,3-13H2,1-2H3. The molecule has 0 bridgehead atoms. The lowest BCUT2D eigenvalue weighted by Crippen LogP contribution is -2.38. The summed E-state index contributed by atoms with van der Waals surface area (Å²) in [5.41, 5.74) is 0.541. The molecule has 0 aromatic rings. The first kappa shape index (κ1) is 14.0. The lowest BCUT2D eigenvalue weighted by molar-refractivity contribution is 0.0100. The molecule has 0 aromatic heterocycles. The van der Waals surface area contributed by atoms with Gasteiger partial charge in [-0.1, -0.05) is 39.0 Å². The van der Waals surface area contributed by atoms with Gasteiger partial charge in [0.1, 0.15) is 0 Å².